The van der Waals surface area contributed by atoms with Crippen molar-refractivity contribution in [3.05, 3.63) is 24.3 Å². The van der Waals surface area contributed by atoms with Gasteiger partial charge in [-0.2, -0.15) is 0 Å². The molecule has 102 valence electrons. The van der Waals surface area contributed by atoms with E-state index >= 15 is 0 Å². The average Bonchev–Trinajstić information content (AvgIpc) is 2.82. The van der Waals surface area contributed by atoms with E-state index in [-0.39, 0.29) is 18.4 Å². The molecule has 1 aliphatic rings. The molecule has 0 saturated carbocycles. The molecule has 5 nitrogen and oxygen atoms in total. The van der Waals surface area contributed by atoms with Gasteiger partial charge in [0, 0.05) is 38.8 Å². The van der Waals surface area contributed by atoms with E-state index in [4.69, 9.17) is 4.74 Å². The van der Waals surface area contributed by atoms with E-state index in [0.717, 1.165) is 18.7 Å². The number of amides is 2. The lowest BCUT2D eigenvalue weighted by Crippen LogP contribution is -2.27. The van der Waals surface area contributed by atoms with E-state index < -0.39 is 0 Å². The molecule has 0 N–H and O–H groups in total. The van der Waals surface area contributed by atoms with Crippen LogP contribution in [0.15, 0.2) is 24.3 Å². The molecule has 1 aliphatic heterocycles. The third-order valence-electron chi connectivity index (χ3n) is 3.06. The zero-order valence-electron chi connectivity index (χ0n) is 11.3. The number of hydrogen-bond donors (Lipinski definition) is 0. The highest BCUT2D eigenvalue weighted by molar-refractivity contribution is 5.95. The van der Waals surface area contributed by atoms with Gasteiger partial charge in [-0.15, -0.1) is 0 Å². The molecule has 0 bridgehead atoms. The fraction of sp³-hybridized carbons (Fsp3) is 0.429. The second kappa shape index (κ2) is 5.73. The van der Waals surface area contributed by atoms with Crippen molar-refractivity contribution in [2.75, 3.05) is 32.1 Å². The largest absolute Gasteiger partial charge is 0.484 e. The van der Waals surface area contributed by atoms with Crippen molar-refractivity contribution in [3.63, 3.8) is 0 Å². The first-order chi connectivity index (χ1) is 9.08. The lowest BCUT2D eigenvalue weighted by Gasteiger charge is -2.17. The quantitative estimate of drug-likeness (QED) is 0.821. The number of carbonyl (C=O) groups is 2. The minimum atomic E-state index is -0.0948. The van der Waals surface area contributed by atoms with Gasteiger partial charge in [0.1, 0.15) is 5.75 Å². The van der Waals surface area contributed by atoms with Gasteiger partial charge in [-0.25, -0.2) is 0 Å². The SMILES string of the molecule is CN(C)C(=O)COc1cccc(N2CCCC2=O)c1. The van der Waals surface area contributed by atoms with Crippen molar-refractivity contribution in [3.8, 4) is 5.75 Å². The monoisotopic (exact) mass is 262 g/mol. The predicted molar refractivity (Wildman–Crippen MR) is 72.2 cm³/mol. The molecule has 0 atom stereocenters. The van der Waals surface area contributed by atoms with Crippen LogP contribution in [0.2, 0.25) is 0 Å². The highest BCUT2D eigenvalue weighted by atomic mass is 16.5. The summed E-state index contributed by atoms with van der Waals surface area (Å²) in [4.78, 5) is 26.3. The molecule has 0 radical (unpaired) electrons. The molecule has 5 heteroatoms. The minimum absolute atomic E-state index is 0.00436. The van der Waals surface area contributed by atoms with Crippen molar-refractivity contribution in [2.45, 2.75) is 12.8 Å². The minimum Gasteiger partial charge on any atom is -0.484 e. The number of likely N-dealkylation sites (N-methyl/N-ethyl adjacent to an activating group) is 1. The molecule has 0 aromatic heterocycles. The second-order valence-corrected chi connectivity index (χ2v) is 4.72. The van der Waals surface area contributed by atoms with Gasteiger partial charge in [0.2, 0.25) is 5.91 Å². The van der Waals surface area contributed by atoms with Gasteiger partial charge in [-0.05, 0) is 18.6 Å². The maximum atomic E-state index is 11.7. The van der Waals surface area contributed by atoms with E-state index in [9.17, 15) is 9.59 Å². The Hall–Kier alpha value is -2.04. The van der Waals surface area contributed by atoms with Crippen LogP contribution in [0.5, 0.6) is 5.75 Å². The number of nitrogens with zero attached hydrogens (tertiary/aromatic N) is 2. The maximum absolute atomic E-state index is 11.7. The van der Waals surface area contributed by atoms with Crippen LogP contribution in [-0.4, -0.2) is 44.0 Å². The summed E-state index contributed by atoms with van der Waals surface area (Å²) in [6, 6.07) is 7.29. The van der Waals surface area contributed by atoms with Crippen LogP contribution >= 0.6 is 0 Å². The van der Waals surface area contributed by atoms with Crippen molar-refractivity contribution in [2.24, 2.45) is 0 Å². The highest BCUT2D eigenvalue weighted by Crippen LogP contribution is 2.25. The van der Waals surface area contributed by atoms with Crippen LogP contribution < -0.4 is 9.64 Å². The van der Waals surface area contributed by atoms with E-state index in [0.29, 0.717) is 12.2 Å². The summed E-state index contributed by atoms with van der Waals surface area (Å²) in [5, 5.41) is 0. The second-order valence-electron chi connectivity index (χ2n) is 4.72. The van der Waals surface area contributed by atoms with Gasteiger partial charge >= 0.3 is 0 Å². The Morgan fingerprint density at radius 2 is 2.21 bits per heavy atom. The van der Waals surface area contributed by atoms with E-state index in [1.165, 1.54) is 4.90 Å². The predicted octanol–water partition coefficient (Wildman–Crippen LogP) is 1.28. The first-order valence-electron chi connectivity index (χ1n) is 6.31. The Bertz CT molecular complexity index is 485. The van der Waals surface area contributed by atoms with Crippen LogP contribution in [0.4, 0.5) is 5.69 Å². The van der Waals surface area contributed by atoms with Crippen LogP contribution in [-0.2, 0) is 9.59 Å². The summed E-state index contributed by atoms with van der Waals surface area (Å²) in [7, 11) is 3.37. The van der Waals surface area contributed by atoms with Crippen molar-refractivity contribution in [1.82, 2.24) is 4.90 Å². The van der Waals surface area contributed by atoms with Crippen LogP contribution in [0, 0.1) is 0 Å². The maximum Gasteiger partial charge on any atom is 0.259 e. The number of anilines is 1. The molecule has 1 saturated heterocycles. The number of hydrogen-bond acceptors (Lipinski definition) is 3. The van der Waals surface area contributed by atoms with Crippen molar-refractivity contribution >= 4 is 17.5 Å². The number of ether oxygens (including phenoxy) is 1. The Kier molecular flexibility index (Phi) is 4.04. The first-order valence-corrected chi connectivity index (χ1v) is 6.31. The first kappa shape index (κ1) is 13.4. The van der Waals surface area contributed by atoms with Crippen LogP contribution in [0.3, 0.4) is 0 Å². The number of carbonyl (C=O) groups excluding carboxylic acids is 2. The lowest BCUT2D eigenvalue weighted by molar-refractivity contribution is -0.130. The Balaban J connectivity index is 2.03. The molecule has 0 spiro atoms. The van der Waals surface area contributed by atoms with Gasteiger partial charge < -0.3 is 14.5 Å². The van der Waals surface area contributed by atoms with Crippen molar-refractivity contribution in [1.29, 1.82) is 0 Å². The topological polar surface area (TPSA) is 49.9 Å². The molecule has 2 rings (SSSR count). The molecule has 1 heterocycles. The third-order valence-corrected chi connectivity index (χ3v) is 3.06. The summed E-state index contributed by atoms with van der Waals surface area (Å²) in [6.45, 7) is 0.753. The summed E-state index contributed by atoms with van der Waals surface area (Å²) in [6.07, 6.45) is 1.49. The Labute approximate surface area is 112 Å². The molecule has 2 amide bonds. The molecule has 1 aromatic carbocycles. The molecule has 1 aromatic rings. The number of benzene rings is 1. The Morgan fingerprint density at radius 1 is 1.42 bits per heavy atom. The van der Waals surface area contributed by atoms with Gasteiger partial charge in [0.05, 0.1) is 0 Å². The van der Waals surface area contributed by atoms with E-state index in [2.05, 4.69) is 0 Å². The molecule has 0 unspecified atom stereocenters. The van der Waals surface area contributed by atoms with Gasteiger partial charge in [0.15, 0.2) is 6.61 Å². The molecule has 19 heavy (non-hydrogen) atoms. The van der Waals surface area contributed by atoms with E-state index in [1.807, 2.05) is 12.1 Å². The lowest BCUT2D eigenvalue weighted by atomic mass is 10.3. The summed E-state index contributed by atoms with van der Waals surface area (Å²) in [5.41, 5.74) is 0.831. The molecular formula is C14H18N2O3. The van der Waals surface area contributed by atoms with E-state index in [1.54, 1.807) is 31.1 Å². The standard InChI is InChI=1S/C14H18N2O3/c1-15(2)14(18)10-19-12-6-3-5-11(9-12)16-8-4-7-13(16)17/h3,5-6,9H,4,7-8,10H2,1-2H3. The summed E-state index contributed by atoms with van der Waals surface area (Å²) >= 11 is 0. The van der Waals surface area contributed by atoms with Gasteiger partial charge in [0.25, 0.3) is 5.91 Å². The third kappa shape index (κ3) is 3.24. The normalized spacial score (nSPS) is 14.6. The molecule has 1 fully saturated rings. The smallest absolute Gasteiger partial charge is 0.259 e. The van der Waals surface area contributed by atoms with Gasteiger partial charge in [-0.3, -0.25) is 9.59 Å². The summed E-state index contributed by atoms with van der Waals surface area (Å²) in [5.74, 6) is 0.650. The summed E-state index contributed by atoms with van der Waals surface area (Å²) < 4.78 is 5.44. The Morgan fingerprint density at radius 3 is 2.84 bits per heavy atom. The fourth-order valence-corrected chi connectivity index (χ4v) is 1.94. The van der Waals surface area contributed by atoms with Crippen molar-refractivity contribution < 1.29 is 14.3 Å². The zero-order chi connectivity index (χ0) is 13.8. The molecular weight excluding hydrogens is 244 g/mol. The van der Waals surface area contributed by atoms with Crippen LogP contribution in [0.1, 0.15) is 12.8 Å². The highest BCUT2D eigenvalue weighted by Gasteiger charge is 2.21. The van der Waals surface area contributed by atoms with Gasteiger partial charge in [-0.1, -0.05) is 6.07 Å². The van der Waals surface area contributed by atoms with Crippen LogP contribution in [0.25, 0.3) is 0 Å². The fourth-order valence-electron chi connectivity index (χ4n) is 1.94. The average molecular weight is 262 g/mol. The zero-order valence-corrected chi connectivity index (χ0v) is 11.3. The molecule has 0 aliphatic carbocycles. The number of rotatable bonds is 4.